The summed E-state index contributed by atoms with van der Waals surface area (Å²) < 4.78 is 29.7. The predicted molar refractivity (Wildman–Crippen MR) is 50.9 cm³/mol. The Labute approximate surface area is 124 Å². The summed E-state index contributed by atoms with van der Waals surface area (Å²) in [4.78, 5) is 0. The molecule has 66 valence electrons. The van der Waals surface area contributed by atoms with E-state index in [1.165, 1.54) is 0 Å². The van der Waals surface area contributed by atoms with Crippen LogP contribution in [0, 0.1) is 0 Å². The fraction of sp³-hybridized carbons (Fsp3) is 0.500. The standard InChI is InChI=1S/C2H4N4O3S2.2Na.2H/c7-11(8,9)1-6-2(10)3-4-5-6;;;;/h1H2,(H,3,5,10)(H,7,8,9);;;;. The van der Waals surface area contributed by atoms with Gasteiger partial charge in [0.1, 0.15) is 0 Å². The van der Waals surface area contributed by atoms with Crippen LogP contribution in [0.1, 0.15) is 0 Å². The monoisotopic (exact) mass is 244 g/mol. The molecule has 0 aliphatic rings. The van der Waals surface area contributed by atoms with Crippen LogP contribution in [0.2, 0.25) is 0 Å². The number of aromatic nitrogens is 4. The average Bonchev–Trinajstić information content (AvgIpc) is 2.12. The Hall–Kier alpha value is 1.33. The average molecular weight is 244 g/mol. The van der Waals surface area contributed by atoms with E-state index in [1.54, 1.807) is 0 Å². The van der Waals surface area contributed by atoms with Crippen LogP contribution < -0.4 is 0 Å². The van der Waals surface area contributed by atoms with Gasteiger partial charge in [-0.2, -0.15) is 8.42 Å². The van der Waals surface area contributed by atoms with Crippen molar-refractivity contribution < 1.29 is 13.0 Å². The molecule has 0 fully saturated rings. The van der Waals surface area contributed by atoms with Gasteiger partial charge in [-0.05, 0) is 10.4 Å². The van der Waals surface area contributed by atoms with E-state index >= 15 is 0 Å². The Balaban J connectivity index is 0. The first-order valence-electron chi connectivity index (χ1n) is 2.39. The number of nitrogens with zero attached hydrogens (tertiary/aromatic N) is 4. The quantitative estimate of drug-likeness (QED) is 0.339. The molecule has 0 saturated heterocycles. The SMILES string of the molecule is O=S(=O)(O)Cn1nnnc1S.[NaH].[NaH]. The molecule has 0 amide bonds. The second kappa shape index (κ2) is 6.75. The molecular formula is C2H6N4Na2O3S2. The topological polar surface area (TPSA) is 98.0 Å². The molecule has 1 aromatic rings. The summed E-state index contributed by atoms with van der Waals surface area (Å²) in [6.45, 7) is 0. The van der Waals surface area contributed by atoms with Crippen LogP contribution in [0.4, 0.5) is 0 Å². The minimum absolute atomic E-state index is 0. The first kappa shape index (κ1) is 16.7. The summed E-state index contributed by atoms with van der Waals surface area (Å²) >= 11 is 3.71. The van der Waals surface area contributed by atoms with Crippen molar-refractivity contribution in [2.24, 2.45) is 0 Å². The Morgan fingerprint density at radius 2 is 2.00 bits per heavy atom. The molecule has 1 aromatic heterocycles. The molecule has 1 N–H and O–H groups in total. The summed E-state index contributed by atoms with van der Waals surface area (Å²) in [5.74, 6) is -0.682. The molecule has 0 unspecified atom stereocenters. The molecule has 0 aliphatic heterocycles. The van der Waals surface area contributed by atoms with Gasteiger partial charge in [0.15, 0.2) is 5.88 Å². The molecule has 13 heavy (non-hydrogen) atoms. The van der Waals surface area contributed by atoms with Gasteiger partial charge in [-0.3, -0.25) is 4.55 Å². The van der Waals surface area contributed by atoms with E-state index in [2.05, 4.69) is 28.2 Å². The van der Waals surface area contributed by atoms with Crippen molar-refractivity contribution in [3.63, 3.8) is 0 Å². The number of tetrazole rings is 1. The van der Waals surface area contributed by atoms with Crippen molar-refractivity contribution in [1.82, 2.24) is 20.2 Å². The zero-order chi connectivity index (χ0) is 8.48. The van der Waals surface area contributed by atoms with Crippen molar-refractivity contribution in [3.05, 3.63) is 0 Å². The molecule has 7 nitrogen and oxygen atoms in total. The van der Waals surface area contributed by atoms with Gasteiger partial charge in [-0.15, -0.1) is 17.7 Å². The van der Waals surface area contributed by atoms with Crippen LogP contribution in [-0.4, -0.2) is 92.3 Å². The Bertz CT molecular complexity index is 350. The number of hydrogen-bond acceptors (Lipinski definition) is 6. The van der Waals surface area contributed by atoms with E-state index in [0.29, 0.717) is 0 Å². The van der Waals surface area contributed by atoms with Crippen LogP contribution in [0.25, 0.3) is 0 Å². The van der Waals surface area contributed by atoms with E-state index in [1.807, 2.05) is 0 Å². The van der Waals surface area contributed by atoms with Gasteiger partial charge in [0, 0.05) is 0 Å². The zero-order valence-electron chi connectivity index (χ0n) is 5.12. The Morgan fingerprint density at radius 3 is 2.31 bits per heavy atom. The molecule has 0 bridgehead atoms. The number of hydrogen-bond donors (Lipinski definition) is 2. The third kappa shape index (κ3) is 6.42. The molecule has 0 spiro atoms. The molecule has 1 rings (SSSR count). The fourth-order valence-corrected chi connectivity index (χ4v) is 1.17. The van der Waals surface area contributed by atoms with Gasteiger partial charge in [-0.25, -0.2) is 4.68 Å². The van der Waals surface area contributed by atoms with E-state index < -0.39 is 16.0 Å². The second-order valence-corrected chi connectivity index (χ2v) is 3.51. The third-order valence-electron chi connectivity index (χ3n) is 0.798. The maximum atomic E-state index is 10.3. The third-order valence-corrected chi connectivity index (χ3v) is 1.69. The Kier molecular flexibility index (Phi) is 8.69. The van der Waals surface area contributed by atoms with Gasteiger partial charge in [0.2, 0.25) is 5.16 Å². The van der Waals surface area contributed by atoms with Gasteiger partial charge in [-0.1, -0.05) is 0 Å². The predicted octanol–water partition coefficient (Wildman–Crippen LogP) is -2.49. The van der Waals surface area contributed by atoms with Crippen LogP contribution in [0.15, 0.2) is 5.16 Å². The molecule has 0 aromatic carbocycles. The maximum absolute atomic E-state index is 10.3. The molecule has 11 heteroatoms. The normalized spacial score (nSPS) is 10.0. The Morgan fingerprint density at radius 1 is 1.46 bits per heavy atom. The summed E-state index contributed by atoms with van der Waals surface area (Å²) in [5.41, 5.74) is 0. The first-order valence-corrected chi connectivity index (χ1v) is 4.45. The van der Waals surface area contributed by atoms with Crippen molar-refractivity contribution >= 4 is 81.9 Å². The summed E-state index contributed by atoms with van der Waals surface area (Å²) in [6, 6.07) is 0. The minimum atomic E-state index is -4.10. The van der Waals surface area contributed by atoms with Gasteiger partial charge >= 0.3 is 59.1 Å². The molecule has 0 radical (unpaired) electrons. The first-order chi connectivity index (χ1) is 4.99. The van der Waals surface area contributed by atoms with Gasteiger partial charge < -0.3 is 0 Å². The molecule has 0 aliphatic carbocycles. The van der Waals surface area contributed by atoms with E-state index in [0.717, 1.165) is 4.68 Å². The van der Waals surface area contributed by atoms with Crippen LogP contribution >= 0.6 is 12.6 Å². The van der Waals surface area contributed by atoms with Crippen molar-refractivity contribution in [2.45, 2.75) is 11.0 Å². The number of thiol groups is 1. The van der Waals surface area contributed by atoms with Crippen LogP contribution in [0.3, 0.4) is 0 Å². The van der Waals surface area contributed by atoms with E-state index in [4.69, 9.17) is 4.55 Å². The fourth-order valence-electron chi connectivity index (χ4n) is 0.438. The number of rotatable bonds is 2. The van der Waals surface area contributed by atoms with Crippen molar-refractivity contribution in [3.8, 4) is 0 Å². The molecular weight excluding hydrogens is 238 g/mol. The van der Waals surface area contributed by atoms with Crippen molar-refractivity contribution in [2.75, 3.05) is 0 Å². The molecule has 0 atom stereocenters. The van der Waals surface area contributed by atoms with Gasteiger partial charge in [0.05, 0.1) is 0 Å². The van der Waals surface area contributed by atoms with E-state index in [9.17, 15) is 8.42 Å². The zero-order valence-corrected chi connectivity index (χ0v) is 6.83. The van der Waals surface area contributed by atoms with E-state index in [-0.39, 0.29) is 64.3 Å². The molecule has 1 heterocycles. The summed E-state index contributed by atoms with van der Waals surface area (Å²) in [6.07, 6.45) is 0. The summed E-state index contributed by atoms with van der Waals surface area (Å²) in [7, 11) is -4.10. The summed E-state index contributed by atoms with van der Waals surface area (Å²) in [5, 5.41) is 9.68. The van der Waals surface area contributed by atoms with Crippen LogP contribution in [-0.2, 0) is 16.0 Å². The molecule has 0 saturated carbocycles. The van der Waals surface area contributed by atoms with Crippen LogP contribution in [0.5, 0.6) is 0 Å². The van der Waals surface area contributed by atoms with Gasteiger partial charge in [0.25, 0.3) is 10.1 Å². The second-order valence-electron chi connectivity index (χ2n) is 1.69. The van der Waals surface area contributed by atoms with Crippen molar-refractivity contribution in [1.29, 1.82) is 0 Å².